The predicted molar refractivity (Wildman–Crippen MR) is 115 cm³/mol. The van der Waals surface area contributed by atoms with Gasteiger partial charge < -0.3 is 24.8 Å². The lowest BCUT2D eigenvalue weighted by atomic mass is 10.0. The molecule has 3 rings (SSSR count). The van der Waals surface area contributed by atoms with Crippen LogP contribution < -0.4 is 10.1 Å². The van der Waals surface area contributed by atoms with Gasteiger partial charge in [0.1, 0.15) is 0 Å². The Bertz CT molecular complexity index is 1040. The molecule has 1 aromatic heterocycles. The van der Waals surface area contributed by atoms with E-state index in [2.05, 4.69) is 10.3 Å². The number of nitrogens with one attached hydrogen (secondary N) is 1. The van der Waals surface area contributed by atoms with Crippen LogP contribution >= 0.6 is 0 Å². The van der Waals surface area contributed by atoms with E-state index in [1.54, 1.807) is 43.0 Å². The Labute approximate surface area is 194 Å². The minimum Gasteiger partial charge on any atom is -0.468 e. The highest BCUT2D eigenvalue weighted by Crippen LogP contribution is 2.34. The Morgan fingerprint density at radius 3 is 2.76 bits per heavy atom. The molecule has 2 N–H and O–H groups in total. The van der Waals surface area contributed by atoms with Crippen LogP contribution in [0.3, 0.4) is 0 Å². The molecule has 1 unspecified atom stereocenters. The summed E-state index contributed by atoms with van der Waals surface area (Å²) in [6, 6.07) is 6.14. The third-order valence-electron chi connectivity index (χ3n) is 5.38. The van der Waals surface area contributed by atoms with Crippen LogP contribution in [-0.4, -0.2) is 66.0 Å². The number of rotatable bonds is 10. The molecular weight excluding hydrogens is 455 g/mol. The number of fused-ring (bicyclic) bond motifs is 1. The number of carbonyl (C=O) groups is 2. The second-order valence-corrected chi connectivity index (χ2v) is 7.83. The third kappa shape index (κ3) is 6.03. The molecule has 0 bridgehead atoms. The SMILES string of the molecule is Cc1cc(C(C)N2Cc3c(C(=O)NCCOCCO)cccc3C2=O)cnc1OCC(F)(F)F. The fourth-order valence-electron chi connectivity index (χ4n) is 3.67. The lowest BCUT2D eigenvalue weighted by Gasteiger charge is -2.25. The van der Waals surface area contributed by atoms with Crippen LogP contribution in [0.25, 0.3) is 0 Å². The van der Waals surface area contributed by atoms with Crippen molar-refractivity contribution >= 4 is 11.8 Å². The van der Waals surface area contributed by atoms with E-state index in [1.165, 1.54) is 6.20 Å². The number of pyridine rings is 1. The summed E-state index contributed by atoms with van der Waals surface area (Å²) in [7, 11) is 0. The zero-order chi connectivity index (χ0) is 24.9. The van der Waals surface area contributed by atoms with E-state index in [1.807, 2.05) is 0 Å². The molecule has 0 spiro atoms. The third-order valence-corrected chi connectivity index (χ3v) is 5.38. The van der Waals surface area contributed by atoms with Crippen molar-refractivity contribution in [2.45, 2.75) is 32.6 Å². The quantitative estimate of drug-likeness (QED) is 0.506. The standard InChI is InChI=1S/C23H26F3N3O5/c1-14-10-16(11-28-21(14)34-13-23(24,25)26)15(2)29-12-19-17(4-3-5-18(19)22(29)32)20(31)27-6-8-33-9-7-30/h3-5,10-11,15,30H,6-9,12-13H2,1-2H3,(H,27,31). The van der Waals surface area contributed by atoms with Gasteiger partial charge in [-0.05, 0) is 43.2 Å². The molecule has 8 nitrogen and oxygen atoms in total. The van der Waals surface area contributed by atoms with E-state index < -0.39 is 18.8 Å². The minimum atomic E-state index is -4.47. The summed E-state index contributed by atoms with van der Waals surface area (Å²) in [6.07, 6.45) is -3.08. The van der Waals surface area contributed by atoms with Gasteiger partial charge in [0.15, 0.2) is 6.61 Å². The summed E-state index contributed by atoms with van der Waals surface area (Å²) in [5.41, 5.74) is 2.45. The van der Waals surface area contributed by atoms with Crippen molar-refractivity contribution in [1.29, 1.82) is 0 Å². The summed E-state index contributed by atoms with van der Waals surface area (Å²) >= 11 is 0. The molecule has 34 heavy (non-hydrogen) atoms. The molecule has 1 aliphatic rings. The van der Waals surface area contributed by atoms with Crippen LogP contribution in [0.15, 0.2) is 30.5 Å². The first-order valence-corrected chi connectivity index (χ1v) is 10.7. The Morgan fingerprint density at radius 2 is 2.09 bits per heavy atom. The van der Waals surface area contributed by atoms with E-state index in [9.17, 15) is 22.8 Å². The molecule has 0 fully saturated rings. The van der Waals surface area contributed by atoms with Crippen LogP contribution in [-0.2, 0) is 11.3 Å². The number of aryl methyl sites for hydroxylation is 1. The number of aromatic nitrogens is 1. The van der Waals surface area contributed by atoms with Gasteiger partial charge in [0.2, 0.25) is 5.88 Å². The summed E-state index contributed by atoms with van der Waals surface area (Å²) in [5.74, 6) is -0.708. The number of halogens is 3. The van der Waals surface area contributed by atoms with Crippen LogP contribution in [0.4, 0.5) is 13.2 Å². The normalized spacial score (nSPS) is 14.2. The van der Waals surface area contributed by atoms with E-state index in [0.29, 0.717) is 27.8 Å². The molecular formula is C23H26F3N3O5. The molecule has 184 valence electrons. The highest BCUT2D eigenvalue weighted by Gasteiger charge is 2.34. The Hall–Kier alpha value is -3.18. The molecule has 2 heterocycles. The van der Waals surface area contributed by atoms with Crippen molar-refractivity contribution in [2.24, 2.45) is 0 Å². The smallest absolute Gasteiger partial charge is 0.422 e. The van der Waals surface area contributed by atoms with Crippen molar-refractivity contribution in [2.75, 3.05) is 33.0 Å². The number of aliphatic hydroxyl groups excluding tert-OH is 1. The van der Waals surface area contributed by atoms with Gasteiger partial charge in [0, 0.05) is 36.0 Å². The van der Waals surface area contributed by atoms with Crippen LogP contribution in [0.2, 0.25) is 0 Å². The van der Waals surface area contributed by atoms with E-state index in [0.717, 1.165) is 0 Å². The van der Waals surface area contributed by atoms with Gasteiger partial charge in [-0.15, -0.1) is 0 Å². The van der Waals surface area contributed by atoms with E-state index in [4.69, 9.17) is 14.6 Å². The summed E-state index contributed by atoms with van der Waals surface area (Å²) in [6.45, 7) is 2.72. The summed E-state index contributed by atoms with van der Waals surface area (Å²) < 4.78 is 47.1. The molecule has 2 amide bonds. The highest BCUT2D eigenvalue weighted by molar-refractivity contribution is 6.04. The van der Waals surface area contributed by atoms with E-state index in [-0.39, 0.29) is 50.6 Å². The molecule has 11 heteroatoms. The number of amides is 2. The first-order valence-electron chi connectivity index (χ1n) is 10.7. The van der Waals surface area contributed by atoms with Crippen molar-refractivity contribution in [3.63, 3.8) is 0 Å². The maximum absolute atomic E-state index is 13.1. The second kappa shape index (κ2) is 10.8. The van der Waals surface area contributed by atoms with Gasteiger partial charge in [-0.3, -0.25) is 9.59 Å². The van der Waals surface area contributed by atoms with Gasteiger partial charge in [-0.1, -0.05) is 6.07 Å². The maximum atomic E-state index is 13.1. The number of nitrogens with zero attached hydrogens (tertiary/aromatic N) is 2. The summed E-state index contributed by atoms with van der Waals surface area (Å²) in [5, 5.41) is 11.5. The number of alkyl halides is 3. The van der Waals surface area contributed by atoms with Crippen molar-refractivity contribution in [3.8, 4) is 5.88 Å². The van der Waals surface area contributed by atoms with Crippen molar-refractivity contribution in [1.82, 2.24) is 15.2 Å². The number of aliphatic hydroxyl groups is 1. The monoisotopic (exact) mass is 481 g/mol. The largest absolute Gasteiger partial charge is 0.468 e. The Morgan fingerprint density at radius 1 is 1.32 bits per heavy atom. The fraction of sp³-hybridized carbons (Fsp3) is 0.435. The molecule has 0 aliphatic carbocycles. The number of ether oxygens (including phenoxy) is 2. The zero-order valence-electron chi connectivity index (χ0n) is 18.8. The number of hydrogen-bond acceptors (Lipinski definition) is 6. The lowest BCUT2D eigenvalue weighted by molar-refractivity contribution is -0.154. The molecule has 0 saturated carbocycles. The van der Waals surface area contributed by atoms with Gasteiger partial charge >= 0.3 is 6.18 Å². The maximum Gasteiger partial charge on any atom is 0.422 e. The average Bonchev–Trinajstić information content (AvgIpc) is 3.13. The summed E-state index contributed by atoms with van der Waals surface area (Å²) in [4.78, 5) is 31.3. The van der Waals surface area contributed by atoms with Crippen LogP contribution in [0.5, 0.6) is 5.88 Å². The number of hydrogen-bond donors (Lipinski definition) is 2. The fourth-order valence-corrected chi connectivity index (χ4v) is 3.67. The highest BCUT2D eigenvalue weighted by atomic mass is 19.4. The Balaban J connectivity index is 1.71. The average molecular weight is 481 g/mol. The second-order valence-electron chi connectivity index (χ2n) is 7.83. The van der Waals surface area contributed by atoms with Gasteiger partial charge in [-0.2, -0.15) is 13.2 Å². The van der Waals surface area contributed by atoms with E-state index >= 15 is 0 Å². The van der Waals surface area contributed by atoms with Crippen LogP contribution in [0.1, 0.15) is 50.4 Å². The first kappa shape index (κ1) is 25.4. The molecule has 2 aromatic rings. The first-order chi connectivity index (χ1) is 16.1. The van der Waals surface area contributed by atoms with Crippen molar-refractivity contribution in [3.05, 3.63) is 58.3 Å². The van der Waals surface area contributed by atoms with Crippen molar-refractivity contribution < 1.29 is 37.3 Å². The number of benzene rings is 1. The predicted octanol–water partition coefficient (Wildman–Crippen LogP) is 2.79. The minimum absolute atomic E-state index is 0.103. The zero-order valence-corrected chi connectivity index (χ0v) is 18.8. The van der Waals surface area contributed by atoms with Gasteiger partial charge in [0.25, 0.3) is 11.8 Å². The molecule has 0 saturated heterocycles. The molecule has 0 radical (unpaired) electrons. The van der Waals surface area contributed by atoms with Crippen LogP contribution in [0, 0.1) is 6.92 Å². The van der Waals surface area contributed by atoms with Gasteiger partial charge in [-0.25, -0.2) is 4.98 Å². The topological polar surface area (TPSA) is 101 Å². The lowest BCUT2D eigenvalue weighted by Crippen LogP contribution is -2.29. The molecule has 1 atom stereocenters. The Kier molecular flexibility index (Phi) is 8.11. The molecule has 1 aliphatic heterocycles. The molecule has 1 aromatic carbocycles. The number of carbonyl (C=O) groups excluding carboxylic acids is 2. The van der Waals surface area contributed by atoms with Gasteiger partial charge in [0.05, 0.1) is 25.9 Å².